The fourth-order valence-electron chi connectivity index (χ4n) is 3.41. The second-order valence-electron chi connectivity index (χ2n) is 6.89. The molecule has 1 N–H and O–H groups in total. The molecule has 1 saturated heterocycles. The zero-order valence-corrected chi connectivity index (χ0v) is 16.0. The summed E-state index contributed by atoms with van der Waals surface area (Å²) in [5, 5.41) is 12.1. The highest BCUT2D eigenvalue weighted by Crippen LogP contribution is 2.20. The lowest BCUT2D eigenvalue weighted by molar-refractivity contribution is 0.0746. The monoisotopic (exact) mass is 383 g/mol. The van der Waals surface area contributed by atoms with E-state index < -0.39 is 0 Å². The van der Waals surface area contributed by atoms with Crippen LogP contribution in [-0.2, 0) is 0 Å². The van der Waals surface area contributed by atoms with E-state index in [1.165, 1.54) is 5.69 Å². The first-order valence-corrected chi connectivity index (χ1v) is 9.54. The first kappa shape index (κ1) is 18.5. The van der Waals surface area contributed by atoms with Gasteiger partial charge in [0.2, 0.25) is 0 Å². The number of rotatable bonds is 4. The van der Waals surface area contributed by atoms with Gasteiger partial charge in [0.15, 0.2) is 0 Å². The normalized spacial score (nSPS) is 13.6. The third-order valence-electron chi connectivity index (χ3n) is 4.98. The maximum absolute atomic E-state index is 12.9. The Balaban J connectivity index is 1.40. The minimum atomic E-state index is -0.00584. The average molecular weight is 383 g/mol. The van der Waals surface area contributed by atoms with Gasteiger partial charge in [-0.25, -0.2) is 0 Å². The number of nitrogens with one attached hydrogen (secondary N) is 1. The van der Waals surface area contributed by atoms with Gasteiger partial charge in [-0.05, 0) is 42.5 Å². The highest BCUT2D eigenvalue weighted by Gasteiger charge is 2.22. The second kappa shape index (κ2) is 8.44. The molecule has 29 heavy (non-hydrogen) atoms. The molecule has 0 unspecified atom stereocenters. The van der Waals surface area contributed by atoms with Crippen molar-refractivity contribution in [3.8, 4) is 6.07 Å². The van der Waals surface area contributed by atoms with E-state index in [2.05, 4.69) is 33.4 Å². The number of hydrogen-bond acceptors (Lipinski definition) is 5. The number of pyridine rings is 1. The minimum absolute atomic E-state index is 0.00584. The zero-order chi connectivity index (χ0) is 20.1. The maximum atomic E-state index is 12.9. The van der Waals surface area contributed by atoms with Crippen molar-refractivity contribution in [2.45, 2.75) is 0 Å². The van der Waals surface area contributed by atoms with Crippen LogP contribution in [0.25, 0.3) is 0 Å². The summed E-state index contributed by atoms with van der Waals surface area (Å²) in [6.45, 7) is 2.99. The summed E-state index contributed by atoms with van der Waals surface area (Å²) in [6.07, 6.45) is 3.29. The Morgan fingerprint density at radius 1 is 0.931 bits per heavy atom. The number of nitrogens with zero attached hydrogens (tertiary/aromatic N) is 4. The number of carbonyl (C=O) groups excluding carboxylic acids is 1. The van der Waals surface area contributed by atoms with Crippen molar-refractivity contribution >= 4 is 23.0 Å². The number of benzene rings is 2. The average Bonchev–Trinajstić information content (AvgIpc) is 2.80. The Kier molecular flexibility index (Phi) is 5.39. The molecule has 0 atom stereocenters. The summed E-state index contributed by atoms with van der Waals surface area (Å²) in [5.41, 5.74) is 3.94. The van der Waals surface area contributed by atoms with Crippen LogP contribution in [-0.4, -0.2) is 42.0 Å². The summed E-state index contributed by atoms with van der Waals surface area (Å²) in [7, 11) is 0. The number of para-hydroxylation sites is 1. The molecule has 4 rings (SSSR count). The summed E-state index contributed by atoms with van der Waals surface area (Å²) in [4.78, 5) is 21.3. The smallest absolute Gasteiger partial charge is 0.255 e. The van der Waals surface area contributed by atoms with Gasteiger partial charge in [-0.1, -0.05) is 18.2 Å². The molecule has 0 aliphatic carbocycles. The summed E-state index contributed by atoms with van der Waals surface area (Å²) >= 11 is 0. The van der Waals surface area contributed by atoms with E-state index in [-0.39, 0.29) is 5.91 Å². The summed E-state index contributed by atoms with van der Waals surface area (Å²) in [6, 6.07) is 21.3. The van der Waals surface area contributed by atoms with Crippen molar-refractivity contribution in [2.24, 2.45) is 0 Å². The van der Waals surface area contributed by atoms with Crippen LogP contribution in [0.1, 0.15) is 15.9 Å². The molecule has 1 aromatic heterocycles. The number of nitriles is 1. The Morgan fingerprint density at radius 3 is 2.34 bits per heavy atom. The first-order chi connectivity index (χ1) is 14.2. The molecule has 3 aromatic rings. The molecule has 1 amide bonds. The molecule has 1 aliphatic rings. The predicted octanol–water partition coefficient (Wildman–Crippen LogP) is 3.66. The van der Waals surface area contributed by atoms with Crippen LogP contribution in [0.4, 0.5) is 17.1 Å². The fraction of sp³-hybridized carbons (Fsp3) is 0.174. The van der Waals surface area contributed by atoms with Crippen LogP contribution in [0.2, 0.25) is 0 Å². The van der Waals surface area contributed by atoms with Gasteiger partial charge < -0.3 is 15.1 Å². The van der Waals surface area contributed by atoms with Crippen LogP contribution in [0.15, 0.2) is 73.1 Å². The molecular formula is C23H21N5O. The van der Waals surface area contributed by atoms with E-state index in [0.717, 1.165) is 24.5 Å². The van der Waals surface area contributed by atoms with Crippen LogP contribution >= 0.6 is 0 Å². The Bertz CT molecular complexity index is 1020. The van der Waals surface area contributed by atoms with Gasteiger partial charge >= 0.3 is 0 Å². The van der Waals surface area contributed by atoms with Gasteiger partial charge in [0.1, 0.15) is 0 Å². The lowest BCUT2D eigenvalue weighted by Gasteiger charge is -2.36. The molecule has 2 heterocycles. The van der Waals surface area contributed by atoms with E-state index in [0.29, 0.717) is 24.2 Å². The van der Waals surface area contributed by atoms with Gasteiger partial charge in [-0.3, -0.25) is 9.78 Å². The molecule has 6 nitrogen and oxygen atoms in total. The van der Waals surface area contributed by atoms with Crippen LogP contribution in [0.5, 0.6) is 0 Å². The Labute approximate surface area is 170 Å². The molecule has 1 fully saturated rings. The number of piperazine rings is 1. The number of amides is 1. The molecule has 144 valence electrons. The number of anilines is 3. The minimum Gasteiger partial charge on any atom is -0.368 e. The highest BCUT2D eigenvalue weighted by molar-refractivity contribution is 5.95. The number of aromatic nitrogens is 1. The van der Waals surface area contributed by atoms with E-state index in [1.807, 2.05) is 41.3 Å². The van der Waals surface area contributed by atoms with E-state index in [9.17, 15) is 4.79 Å². The van der Waals surface area contributed by atoms with Crippen molar-refractivity contribution in [3.05, 3.63) is 84.2 Å². The molecule has 2 aromatic carbocycles. The van der Waals surface area contributed by atoms with Crippen molar-refractivity contribution in [1.29, 1.82) is 5.26 Å². The first-order valence-electron chi connectivity index (χ1n) is 9.54. The molecule has 0 spiro atoms. The molecule has 0 bridgehead atoms. The maximum Gasteiger partial charge on any atom is 0.255 e. The number of carbonyl (C=O) groups is 1. The van der Waals surface area contributed by atoms with E-state index in [4.69, 9.17) is 5.26 Å². The van der Waals surface area contributed by atoms with Crippen molar-refractivity contribution < 1.29 is 4.79 Å². The third-order valence-corrected chi connectivity index (χ3v) is 4.98. The van der Waals surface area contributed by atoms with Crippen LogP contribution in [0, 0.1) is 11.3 Å². The van der Waals surface area contributed by atoms with Gasteiger partial charge in [-0.15, -0.1) is 0 Å². The molecule has 0 radical (unpaired) electrons. The molecule has 6 heteroatoms. The van der Waals surface area contributed by atoms with E-state index >= 15 is 0 Å². The topological polar surface area (TPSA) is 72.3 Å². The van der Waals surface area contributed by atoms with Gasteiger partial charge in [0, 0.05) is 43.8 Å². The van der Waals surface area contributed by atoms with Crippen molar-refractivity contribution in [1.82, 2.24) is 9.88 Å². The quantitative estimate of drug-likeness (QED) is 0.744. The third kappa shape index (κ3) is 4.36. The van der Waals surface area contributed by atoms with Crippen molar-refractivity contribution in [3.63, 3.8) is 0 Å². The molecular weight excluding hydrogens is 362 g/mol. The van der Waals surface area contributed by atoms with Crippen molar-refractivity contribution in [2.75, 3.05) is 36.4 Å². The van der Waals surface area contributed by atoms with Gasteiger partial charge in [0.05, 0.1) is 29.1 Å². The molecule has 1 aliphatic heterocycles. The van der Waals surface area contributed by atoms with E-state index in [1.54, 1.807) is 24.5 Å². The fourth-order valence-corrected chi connectivity index (χ4v) is 3.41. The van der Waals surface area contributed by atoms with Crippen LogP contribution < -0.4 is 10.2 Å². The van der Waals surface area contributed by atoms with Crippen LogP contribution in [0.3, 0.4) is 0 Å². The SMILES string of the molecule is N#Cc1ccc(Nc2cncc(C(=O)N3CCN(c4ccccc4)CC3)c2)cc1. The largest absolute Gasteiger partial charge is 0.368 e. The summed E-state index contributed by atoms with van der Waals surface area (Å²) < 4.78 is 0. The predicted molar refractivity (Wildman–Crippen MR) is 113 cm³/mol. The number of hydrogen-bond donors (Lipinski definition) is 1. The lowest BCUT2D eigenvalue weighted by Crippen LogP contribution is -2.48. The Morgan fingerprint density at radius 2 is 1.66 bits per heavy atom. The standard InChI is InChI=1S/C23H21N5O/c24-15-18-6-8-20(9-7-18)26-21-14-19(16-25-17-21)23(29)28-12-10-27(11-13-28)22-4-2-1-3-5-22/h1-9,14,16-17,26H,10-13H2. The Hall–Kier alpha value is -3.85. The van der Waals surface area contributed by atoms with Gasteiger partial charge in [0.25, 0.3) is 5.91 Å². The zero-order valence-electron chi connectivity index (χ0n) is 16.0. The molecule has 0 saturated carbocycles. The lowest BCUT2D eigenvalue weighted by atomic mass is 10.2. The summed E-state index contributed by atoms with van der Waals surface area (Å²) in [5.74, 6) is -0.00584. The second-order valence-corrected chi connectivity index (χ2v) is 6.89. The highest BCUT2D eigenvalue weighted by atomic mass is 16.2. The van der Waals surface area contributed by atoms with Gasteiger partial charge in [-0.2, -0.15) is 5.26 Å².